The molecule has 0 bridgehead atoms. The summed E-state index contributed by atoms with van der Waals surface area (Å²) in [6, 6.07) is 27.3. The molecule has 0 radical (unpaired) electrons. The van der Waals surface area contributed by atoms with Gasteiger partial charge >= 0.3 is 0 Å². The van der Waals surface area contributed by atoms with Crippen molar-refractivity contribution in [1.82, 2.24) is 9.97 Å². The van der Waals surface area contributed by atoms with Gasteiger partial charge in [-0.2, -0.15) is 0 Å². The van der Waals surface area contributed by atoms with Crippen molar-refractivity contribution in [3.05, 3.63) is 96.3 Å². The van der Waals surface area contributed by atoms with Crippen molar-refractivity contribution in [3.63, 3.8) is 0 Å². The molecule has 0 aliphatic rings. The number of aromatic nitrogens is 2. The van der Waals surface area contributed by atoms with Crippen LogP contribution in [0.4, 0.5) is 0 Å². The summed E-state index contributed by atoms with van der Waals surface area (Å²) in [5, 5.41) is 0. The molecule has 0 unspecified atom stereocenters. The van der Waals surface area contributed by atoms with Gasteiger partial charge in [0.1, 0.15) is 6.33 Å². The molecule has 3 aromatic carbocycles. The van der Waals surface area contributed by atoms with Crippen molar-refractivity contribution >= 4 is 0 Å². The molecular weight excluding hydrogens is 316 g/mol. The highest BCUT2D eigenvalue weighted by molar-refractivity contribution is 5.73. The number of rotatable bonds is 3. The molecule has 0 fully saturated rings. The van der Waals surface area contributed by atoms with Crippen LogP contribution in [0.5, 0.6) is 0 Å². The van der Waals surface area contributed by atoms with E-state index < -0.39 is 0 Å². The van der Waals surface area contributed by atoms with Crippen LogP contribution in [0.2, 0.25) is 0 Å². The molecule has 0 spiro atoms. The van der Waals surface area contributed by atoms with Crippen molar-refractivity contribution in [3.8, 4) is 33.6 Å². The molecule has 0 aliphatic carbocycles. The standard InChI is InChI=1S/C24H20N2/c1-17-7-6-8-18(2)24(17)23-15-22(25-16-26-23)21-13-11-20(12-14-21)19-9-4-3-5-10-19/h3-16H,1-2H3. The fourth-order valence-corrected chi connectivity index (χ4v) is 3.33. The molecular formula is C24H20N2. The first-order chi connectivity index (χ1) is 12.7. The van der Waals surface area contributed by atoms with Gasteiger partial charge in [-0.3, -0.25) is 0 Å². The van der Waals surface area contributed by atoms with Crippen LogP contribution in [0.1, 0.15) is 11.1 Å². The predicted octanol–water partition coefficient (Wildman–Crippen LogP) is 6.09. The lowest BCUT2D eigenvalue weighted by Gasteiger charge is -2.10. The van der Waals surface area contributed by atoms with Crippen LogP contribution in [0.15, 0.2) is 85.2 Å². The van der Waals surface area contributed by atoms with Gasteiger partial charge in [0.25, 0.3) is 0 Å². The number of nitrogens with zero attached hydrogens (tertiary/aromatic N) is 2. The maximum atomic E-state index is 4.51. The summed E-state index contributed by atoms with van der Waals surface area (Å²) in [7, 11) is 0. The van der Waals surface area contributed by atoms with Crippen LogP contribution < -0.4 is 0 Å². The van der Waals surface area contributed by atoms with E-state index in [0.717, 1.165) is 17.0 Å². The molecule has 1 heterocycles. The number of hydrogen-bond donors (Lipinski definition) is 0. The van der Waals surface area contributed by atoms with Gasteiger partial charge in [-0.05, 0) is 42.2 Å². The van der Waals surface area contributed by atoms with E-state index in [0.29, 0.717) is 0 Å². The fraction of sp³-hybridized carbons (Fsp3) is 0.0833. The SMILES string of the molecule is Cc1cccc(C)c1-c1cc(-c2ccc(-c3ccccc3)cc2)ncn1. The van der Waals surface area contributed by atoms with Gasteiger partial charge in [0.05, 0.1) is 11.4 Å². The number of hydrogen-bond acceptors (Lipinski definition) is 2. The summed E-state index contributed by atoms with van der Waals surface area (Å²) in [5.74, 6) is 0. The Morgan fingerprint density at radius 1 is 0.538 bits per heavy atom. The summed E-state index contributed by atoms with van der Waals surface area (Å²) >= 11 is 0. The Morgan fingerprint density at radius 2 is 1.12 bits per heavy atom. The molecule has 0 atom stereocenters. The van der Waals surface area contributed by atoms with Gasteiger partial charge in [-0.15, -0.1) is 0 Å². The van der Waals surface area contributed by atoms with Gasteiger partial charge in [0.15, 0.2) is 0 Å². The van der Waals surface area contributed by atoms with Crippen molar-refractivity contribution in [2.24, 2.45) is 0 Å². The second-order valence-electron chi connectivity index (χ2n) is 6.50. The second-order valence-corrected chi connectivity index (χ2v) is 6.50. The summed E-state index contributed by atoms with van der Waals surface area (Å²) in [6.07, 6.45) is 1.65. The minimum Gasteiger partial charge on any atom is -0.236 e. The first kappa shape index (κ1) is 16.2. The molecule has 0 saturated heterocycles. The first-order valence-corrected chi connectivity index (χ1v) is 8.77. The van der Waals surface area contributed by atoms with Gasteiger partial charge in [0, 0.05) is 11.1 Å². The zero-order valence-corrected chi connectivity index (χ0v) is 15.0. The lowest BCUT2D eigenvalue weighted by Crippen LogP contribution is -1.93. The molecule has 26 heavy (non-hydrogen) atoms. The van der Waals surface area contributed by atoms with Crippen LogP contribution >= 0.6 is 0 Å². The molecule has 0 aliphatic heterocycles. The predicted molar refractivity (Wildman–Crippen MR) is 108 cm³/mol. The van der Waals surface area contributed by atoms with E-state index in [9.17, 15) is 0 Å². The minimum atomic E-state index is 0.942. The van der Waals surface area contributed by atoms with E-state index in [-0.39, 0.29) is 0 Å². The quantitative estimate of drug-likeness (QED) is 0.452. The van der Waals surface area contributed by atoms with Crippen LogP contribution in [0.3, 0.4) is 0 Å². The lowest BCUT2D eigenvalue weighted by atomic mass is 9.98. The molecule has 2 nitrogen and oxygen atoms in total. The maximum absolute atomic E-state index is 4.51. The van der Waals surface area contributed by atoms with Crippen molar-refractivity contribution in [1.29, 1.82) is 0 Å². The van der Waals surface area contributed by atoms with E-state index in [1.807, 2.05) is 6.07 Å². The monoisotopic (exact) mass is 336 g/mol. The number of aryl methyl sites for hydroxylation is 2. The molecule has 0 N–H and O–H groups in total. The highest BCUT2D eigenvalue weighted by Gasteiger charge is 2.09. The highest BCUT2D eigenvalue weighted by atomic mass is 14.8. The molecule has 1 aromatic heterocycles. The van der Waals surface area contributed by atoms with Gasteiger partial charge in [-0.25, -0.2) is 9.97 Å². The minimum absolute atomic E-state index is 0.942. The zero-order valence-electron chi connectivity index (χ0n) is 15.0. The van der Waals surface area contributed by atoms with Gasteiger partial charge in [0.2, 0.25) is 0 Å². The van der Waals surface area contributed by atoms with Crippen LogP contribution in [0.25, 0.3) is 33.6 Å². The van der Waals surface area contributed by atoms with E-state index >= 15 is 0 Å². The Hall–Kier alpha value is -3.26. The fourth-order valence-electron chi connectivity index (χ4n) is 3.33. The van der Waals surface area contributed by atoms with Crippen LogP contribution in [-0.2, 0) is 0 Å². The molecule has 0 amide bonds. The smallest absolute Gasteiger partial charge is 0.116 e. The van der Waals surface area contributed by atoms with Crippen molar-refractivity contribution in [2.75, 3.05) is 0 Å². The average molecular weight is 336 g/mol. The normalized spacial score (nSPS) is 10.7. The van der Waals surface area contributed by atoms with Crippen LogP contribution in [-0.4, -0.2) is 9.97 Å². The molecule has 2 heteroatoms. The average Bonchev–Trinajstić information content (AvgIpc) is 2.69. The third-order valence-corrected chi connectivity index (χ3v) is 4.69. The van der Waals surface area contributed by atoms with Gasteiger partial charge in [-0.1, -0.05) is 72.8 Å². The zero-order chi connectivity index (χ0) is 17.9. The van der Waals surface area contributed by atoms with Crippen molar-refractivity contribution < 1.29 is 0 Å². The van der Waals surface area contributed by atoms with E-state index in [4.69, 9.17) is 0 Å². The molecule has 126 valence electrons. The number of benzene rings is 3. The summed E-state index contributed by atoms with van der Waals surface area (Å²) in [4.78, 5) is 9.00. The van der Waals surface area contributed by atoms with E-state index in [1.54, 1.807) is 6.33 Å². The molecule has 4 aromatic rings. The summed E-state index contributed by atoms with van der Waals surface area (Å²) < 4.78 is 0. The van der Waals surface area contributed by atoms with E-state index in [2.05, 4.69) is 96.6 Å². The van der Waals surface area contributed by atoms with Crippen molar-refractivity contribution in [2.45, 2.75) is 13.8 Å². The third-order valence-electron chi connectivity index (χ3n) is 4.69. The third kappa shape index (κ3) is 3.14. The first-order valence-electron chi connectivity index (χ1n) is 8.77. The Morgan fingerprint density at radius 3 is 1.81 bits per heavy atom. The Balaban J connectivity index is 1.71. The summed E-state index contributed by atoms with van der Waals surface area (Å²) in [5.41, 5.74) is 9.09. The Labute approximate surface area is 154 Å². The maximum Gasteiger partial charge on any atom is 0.116 e. The summed E-state index contributed by atoms with van der Waals surface area (Å²) in [6.45, 7) is 4.25. The highest BCUT2D eigenvalue weighted by Crippen LogP contribution is 2.29. The Bertz CT molecular complexity index is 1020. The second kappa shape index (κ2) is 6.93. The Kier molecular flexibility index (Phi) is 4.32. The largest absolute Gasteiger partial charge is 0.236 e. The van der Waals surface area contributed by atoms with E-state index in [1.165, 1.54) is 27.8 Å². The lowest BCUT2D eigenvalue weighted by molar-refractivity contribution is 1.17. The topological polar surface area (TPSA) is 25.8 Å². The van der Waals surface area contributed by atoms with Crippen LogP contribution in [0, 0.1) is 13.8 Å². The molecule has 4 rings (SSSR count). The molecule has 0 saturated carbocycles. The van der Waals surface area contributed by atoms with Gasteiger partial charge < -0.3 is 0 Å².